The molecule has 0 unspecified atom stereocenters. The third-order valence-corrected chi connectivity index (χ3v) is 4.77. The van der Waals surface area contributed by atoms with E-state index in [9.17, 15) is 27.9 Å². The average molecular weight is 374 g/mol. The van der Waals surface area contributed by atoms with Gasteiger partial charge in [-0.1, -0.05) is 0 Å². The smallest absolute Gasteiger partial charge is 0.335 e. The number of benzene rings is 2. The maximum atomic E-state index is 14.0. The number of nitrogens with zero attached hydrogens (tertiary/aromatic N) is 1. The zero-order valence-corrected chi connectivity index (χ0v) is 13.9. The minimum absolute atomic E-state index is 0.107. The van der Waals surface area contributed by atoms with E-state index in [-0.39, 0.29) is 18.7 Å². The molecule has 0 atom stereocenters. The van der Waals surface area contributed by atoms with Gasteiger partial charge in [-0.15, -0.1) is 0 Å². The Kier molecular flexibility index (Phi) is 3.91. The second-order valence-corrected chi connectivity index (χ2v) is 6.35. The van der Waals surface area contributed by atoms with E-state index < -0.39 is 34.9 Å². The summed E-state index contributed by atoms with van der Waals surface area (Å²) < 4.78 is 40.5. The number of aromatic carboxylic acids is 1. The van der Waals surface area contributed by atoms with Crippen molar-refractivity contribution in [2.75, 3.05) is 6.54 Å². The van der Waals surface area contributed by atoms with Crippen molar-refractivity contribution in [2.24, 2.45) is 0 Å². The van der Waals surface area contributed by atoms with Crippen LogP contribution in [0.1, 0.15) is 32.0 Å². The third kappa shape index (κ3) is 2.73. The number of aromatic nitrogens is 1. The Bertz CT molecular complexity index is 1110. The molecular weight excluding hydrogens is 361 g/mol. The lowest BCUT2D eigenvalue weighted by molar-refractivity contribution is 0.0694. The number of carboxylic acid groups (broad SMARTS) is 1. The van der Waals surface area contributed by atoms with Crippen LogP contribution in [0.5, 0.6) is 0 Å². The lowest BCUT2D eigenvalue weighted by Gasteiger charge is -2.27. The topological polar surface area (TPSA) is 73.4 Å². The molecule has 5 nitrogen and oxygen atoms in total. The monoisotopic (exact) mass is 374 g/mol. The highest BCUT2D eigenvalue weighted by Crippen LogP contribution is 2.30. The van der Waals surface area contributed by atoms with Crippen molar-refractivity contribution >= 4 is 22.8 Å². The summed E-state index contributed by atoms with van der Waals surface area (Å²) >= 11 is 0. The van der Waals surface area contributed by atoms with Crippen LogP contribution in [0.15, 0.2) is 30.3 Å². The molecular formula is C19H13F3N2O3. The van der Waals surface area contributed by atoms with Crippen molar-refractivity contribution in [2.45, 2.75) is 13.0 Å². The van der Waals surface area contributed by atoms with Crippen molar-refractivity contribution in [3.63, 3.8) is 0 Å². The van der Waals surface area contributed by atoms with Gasteiger partial charge < -0.3 is 15.0 Å². The van der Waals surface area contributed by atoms with E-state index in [0.717, 1.165) is 22.8 Å². The molecule has 0 saturated carbocycles. The molecule has 3 aromatic rings. The van der Waals surface area contributed by atoms with Crippen LogP contribution in [0.3, 0.4) is 0 Å². The summed E-state index contributed by atoms with van der Waals surface area (Å²) in [4.78, 5) is 28.4. The highest BCUT2D eigenvalue weighted by Gasteiger charge is 2.28. The number of rotatable bonds is 2. The fourth-order valence-corrected chi connectivity index (χ4v) is 3.38. The molecule has 138 valence electrons. The summed E-state index contributed by atoms with van der Waals surface area (Å²) in [5, 5.41) is 9.83. The van der Waals surface area contributed by atoms with Gasteiger partial charge >= 0.3 is 5.97 Å². The molecule has 1 aliphatic rings. The van der Waals surface area contributed by atoms with E-state index in [4.69, 9.17) is 0 Å². The van der Waals surface area contributed by atoms with Gasteiger partial charge in [0.15, 0.2) is 17.5 Å². The first-order valence-corrected chi connectivity index (χ1v) is 8.16. The summed E-state index contributed by atoms with van der Waals surface area (Å²) in [5.74, 6) is -6.38. The first-order chi connectivity index (χ1) is 12.9. The van der Waals surface area contributed by atoms with Crippen molar-refractivity contribution in [1.29, 1.82) is 0 Å². The predicted octanol–water partition coefficient (Wildman–Crippen LogP) is 3.48. The molecule has 2 N–H and O–H groups in total. The van der Waals surface area contributed by atoms with Gasteiger partial charge in [-0.3, -0.25) is 4.79 Å². The van der Waals surface area contributed by atoms with E-state index in [2.05, 4.69) is 4.98 Å². The maximum Gasteiger partial charge on any atom is 0.335 e. The molecule has 8 heteroatoms. The van der Waals surface area contributed by atoms with Crippen LogP contribution >= 0.6 is 0 Å². The molecule has 27 heavy (non-hydrogen) atoms. The SMILES string of the molecule is O=C(O)c1ccc2[nH]c3c(c2c1)CN(C(=O)c1ccc(F)c(F)c1F)CC3. The van der Waals surface area contributed by atoms with Crippen LogP contribution in [-0.4, -0.2) is 33.4 Å². The highest BCUT2D eigenvalue weighted by molar-refractivity contribution is 5.97. The van der Waals surface area contributed by atoms with Crippen molar-refractivity contribution in [3.05, 3.63) is 70.2 Å². The van der Waals surface area contributed by atoms with Gasteiger partial charge in [0.1, 0.15) is 0 Å². The molecule has 0 radical (unpaired) electrons. The molecule has 0 bridgehead atoms. The van der Waals surface area contributed by atoms with Gasteiger partial charge in [0.05, 0.1) is 11.1 Å². The highest BCUT2D eigenvalue weighted by atomic mass is 19.2. The Hall–Kier alpha value is -3.29. The molecule has 1 aromatic heterocycles. The first-order valence-electron chi connectivity index (χ1n) is 8.16. The van der Waals surface area contributed by atoms with Crippen LogP contribution in [0, 0.1) is 17.5 Å². The zero-order chi connectivity index (χ0) is 19.3. The van der Waals surface area contributed by atoms with Gasteiger partial charge in [0, 0.05) is 41.7 Å². The molecule has 1 amide bonds. The second-order valence-electron chi connectivity index (χ2n) is 6.35. The van der Waals surface area contributed by atoms with E-state index in [1.54, 1.807) is 6.07 Å². The fraction of sp³-hybridized carbons (Fsp3) is 0.158. The molecule has 0 fully saturated rings. The lowest BCUT2D eigenvalue weighted by Crippen LogP contribution is -2.36. The largest absolute Gasteiger partial charge is 0.478 e. The van der Waals surface area contributed by atoms with Gasteiger partial charge in [0.2, 0.25) is 0 Å². The lowest BCUT2D eigenvalue weighted by atomic mass is 10.0. The normalized spacial score (nSPS) is 13.7. The molecule has 2 aromatic carbocycles. The van der Waals surface area contributed by atoms with Gasteiger partial charge in [-0.05, 0) is 30.3 Å². The average Bonchev–Trinajstić information content (AvgIpc) is 3.02. The second kappa shape index (κ2) is 6.15. The number of H-pyrrole nitrogens is 1. The van der Waals surface area contributed by atoms with E-state index >= 15 is 0 Å². The number of carbonyl (C=O) groups is 2. The summed E-state index contributed by atoms with van der Waals surface area (Å²) in [7, 11) is 0. The van der Waals surface area contributed by atoms with Gasteiger partial charge in [0.25, 0.3) is 5.91 Å². The van der Waals surface area contributed by atoms with Crippen LogP contribution in [0.4, 0.5) is 13.2 Å². The van der Waals surface area contributed by atoms with Crippen molar-refractivity contribution in [1.82, 2.24) is 9.88 Å². The van der Waals surface area contributed by atoms with Crippen LogP contribution in [0.25, 0.3) is 10.9 Å². The maximum absolute atomic E-state index is 14.0. The van der Waals surface area contributed by atoms with Crippen molar-refractivity contribution < 1.29 is 27.9 Å². The molecule has 4 rings (SSSR count). The van der Waals surface area contributed by atoms with Crippen LogP contribution < -0.4 is 0 Å². The number of amides is 1. The summed E-state index contributed by atoms with van der Waals surface area (Å²) in [5.41, 5.74) is 1.90. The summed E-state index contributed by atoms with van der Waals surface area (Å²) in [6.07, 6.45) is 0.448. The Labute approximate surface area is 151 Å². The number of halogens is 3. The number of carbonyl (C=O) groups excluding carboxylic acids is 1. The van der Waals surface area contributed by atoms with E-state index in [0.29, 0.717) is 17.9 Å². The van der Waals surface area contributed by atoms with E-state index in [1.807, 2.05) is 0 Å². The molecule has 0 spiro atoms. The third-order valence-electron chi connectivity index (χ3n) is 4.77. The quantitative estimate of drug-likeness (QED) is 0.675. The number of carboxylic acids is 1. The standard InChI is InChI=1S/C19H13F3N2O3/c20-13-3-2-10(16(21)17(13)22)18(25)24-6-5-15-12(8-24)11-7-9(19(26)27)1-4-14(11)23-15/h1-4,7,23H,5-6,8H2,(H,26,27). The number of hydrogen-bond acceptors (Lipinski definition) is 2. The fourth-order valence-electron chi connectivity index (χ4n) is 3.38. The zero-order valence-electron chi connectivity index (χ0n) is 13.9. The van der Waals surface area contributed by atoms with Crippen LogP contribution in [-0.2, 0) is 13.0 Å². The summed E-state index contributed by atoms with van der Waals surface area (Å²) in [6, 6.07) is 6.28. The number of hydrogen-bond donors (Lipinski definition) is 2. The number of aromatic amines is 1. The Morgan fingerprint density at radius 2 is 1.85 bits per heavy atom. The predicted molar refractivity (Wildman–Crippen MR) is 90.0 cm³/mol. The Morgan fingerprint density at radius 3 is 2.59 bits per heavy atom. The van der Waals surface area contributed by atoms with Crippen LogP contribution in [0.2, 0.25) is 0 Å². The minimum atomic E-state index is -1.68. The minimum Gasteiger partial charge on any atom is -0.478 e. The first kappa shape index (κ1) is 17.1. The Balaban J connectivity index is 1.71. The number of nitrogens with one attached hydrogen (secondary N) is 1. The summed E-state index contributed by atoms with van der Waals surface area (Å²) in [6.45, 7) is 0.374. The van der Waals surface area contributed by atoms with Crippen molar-refractivity contribution in [3.8, 4) is 0 Å². The molecule has 0 saturated heterocycles. The molecule has 0 aliphatic carbocycles. The Morgan fingerprint density at radius 1 is 1.07 bits per heavy atom. The molecule has 1 aliphatic heterocycles. The van der Waals surface area contributed by atoms with Gasteiger partial charge in [-0.2, -0.15) is 0 Å². The molecule has 2 heterocycles. The van der Waals surface area contributed by atoms with E-state index in [1.165, 1.54) is 17.0 Å². The van der Waals surface area contributed by atoms with Gasteiger partial charge in [-0.25, -0.2) is 18.0 Å². The number of fused-ring (bicyclic) bond motifs is 3.